The number of hydrogen-bond acceptors (Lipinski definition) is 1. The molecule has 0 bridgehead atoms. The number of likely N-dealkylation sites (N-methyl/N-ethyl adjacent to an activating group) is 1. The molecule has 2 nitrogen and oxygen atoms in total. The topological polar surface area (TPSA) is 24.4 Å². The number of hydrogen-bond donors (Lipinski definition) is 1. The van der Waals surface area contributed by atoms with Gasteiger partial charge < -0.3 is 5.32 Å². The lowest BCUT2D eigenvalue weighted by Crippen LogP contribution is -2.20. The minimum absolute atomic E-state index is 0.883. The van der Waals surface area contributed by atoms with Gasteiger partial charge in [-0.05, 0) is 5.56 Å². The lowest BCUT2D eigenvalue weighted by atomic mass is 10.1. The maximum Gasteiger partial charge on any atom is 0.100 e. The zero-order chi connectivity index (χ0) is 8.81. The van der Waals surface area contributed by atoms with Gasteiger partial charge in [-0.3, -0.25) is 4.99 Å². The van der Waals surface area contributed by atoms with E-state index in [1.807, 2.05) is 25.2 Å². The van der Waals surface area contributed by atoms with Crippen molar-refractivity contribution in [1.82, 2.24) is 5.32 Å². The van der Waals surface area contributed by atoms with Gasteiger partial charge in [0.25, 0.3) is 0 Å². The Morgan fingerprint density at radius 3 is 2.50 bits per heavy atom. The van der Waals surface area contributed by atoms with E-state index in [9.17, 15) is 0 Å². The van der Waals surface area contributed by atoms with Crippen LogP contribution in [0.2, 0.25) is 0 Å². The van der Waals surface area contributed by atoms with Crippen molar-refractivity contribution in [2.24, 2.45) is 4.99 Å². The summed E-state index contributed by atoms with van der Waals surface area (Å²) < 4.78 is 0. The second-order valence-electron chi connectivity index (χ2n) is 2.58. The van der Waals surface area contributed by atoms with Crippen LogP contribution in [0.15, 0.2) is 35.3 Å². The summed E-state index contributed by atoms with van der Waals surface area (Å²) in [7, 11) is 3.69. The molecule has 0 atom stereocenters. The van der Waals surface area contributed by atoms with E-state index in [0.717, 1.165) is 12.3 Å². The lowest BCUT2D eigenvalue weighted by molar-refractivity contribution is 1.08. The lowest BCUT2D eigenvalue weighted by Gasteiger charge is -2.03. The Bertz CT molecular complexity index is 252. The molecule has 0 spiro atoms. The predicted molar refractivity (Wildman–Crippen MR) is 52.6 cm³/mol. The molecule has 0 aliphatic heterocycles. The molecule has 0 amide bonds. The highest BCUT2D eigenvalue weighted by atomic mass is 14.9. The number of amidine groups is 1. The third-order valence-electron chi connectivity index (χ3n) is 1.77. The fourth-order valence-corrected chi connectivity index (χ4v) is 1.07. The van der Waals surface area contributed by atoms with Crippen LogP contribution in [-0.2, 0) is 6.42 Å². The predicted octanol–water partition coefficient (Wildman–Crippen LogP) is 1.48. The SMILES string of the molecule is CN=C(Cc1ccccc1)NC. The summed E-state index contributed by atoms with van der Waals surface area (Å²) in [5, 5.41) is 3.05. The zero-order valence-electron chi connectivity index (χ0n) is 7.54. The average molecular weight is 162 g/mol. The molecule has 0 aliphatic carbocycles. The van der Waals surface area contributed by atoms with Gasteiger partial charge in [-0.2, -0.15) is 0 Å². The van der Waals surface area contributed by atoms with Crippen LogP contribution in [0.5, 0.6) is 0 Å². The Hall–Kier alpha value is -1.31. The van der Waals surface area contributed by atoms with Crippen molar-refractivity contribution in [3.63, 3.8) is 0 Å². The molecule has 0 saturated carbocycles. The van der Waals surface area contributed by atoms with Crippen LogP contribution in [0.1, 0.15) is 5.56 Å². The Morgan fingerprint density at radius 1 is 1.33 bits per heavy atom. The van der Waals surface area contributed by atoms with Crippen LogP contribution in [0.25, 0.3) is 0 Å². The summed E-state index contributed by atoms with van der Waals surface area (Å²) in [5.41, 5.74) is 1.28. The van der Waals surface area contributed by atoms with Gasteiger partial charge in [-0.15, -0.1) is 0 Å². The quantitative estimate of drug-likeness (QED) is 0.517. The molecular formula is C10H14N2. The number of nitrogens with zero attached hydrogens (tertiary/aromatic N) is 1. The molecule has 12 heavy (non-hydrogen) atoms. The molecule has 1 N–H and O–H groups in total. The highest BCUT2D eigenvalue weighted by Gasteiger charge is 1.95. The molecule has 1 aromatic carbocycles. The molecule has 64 valence electrons. The van der Waals surface area contributed by atoms with E-state index in [-0.39, 0.29) is 0 Å². The molecule has 1 aromatic rings. The minimum atomic E-state index is 0.883. The van der Waals surface area contributed by atoms with Gasteiger partial charge in [0, 0.05) is 20.5 Å². The molecule has 0 unspecified atom stereocenters. The number of benzene rings is 1. The van der Waals surface area contributed by atoms with E-state index in [1.165, 1.54) is 5.56 Å². The first kappa shape index (κ1) is 8.78. The highest BCUT2D eigenvalue weighted by Crippen LogP contribution is 1.99. The number of aliphatic imine (C=N–C) groups is 1. The molecule has 0 fully saturated rings. The normalized spacial score (nSPS) is 11.3. The first-order chi connectivity index (χ1) is 5.86. The van der Waals surface area contributed by atoms with Crippen molar-refractivity contribution in [3.05, 3.63) is 35.9 Å². The summed E-state index contributed by atoms with van der Waals surface area (Å²) in [6.45, 7) is 0. The van der Waals surface area contributed by atoms with Crippen LogP contribution in [0.4, 0.5) is 0 Å². The van der Waals surface area contributed by atoms with E-state index in [0.29, 0.717) is 0 Å². The first-order valence-corrected chi connectivity index (χ1v) is 4.04. The minimum Gasteiger partial charge on any atom is -0.377 e. The van der Waals surface area contributed by atoms with Crippen LogP contribution in [0, 0.1) is 0 Å². The molecular weight excluding hydrogens is 148 g/mol. The van der Waals surface area contributed by atoms with E-state index < -0.39 is 0 Å². The van der Waals surface area contributed by atoms with Crippen molar-refractivity contribution in [2.45, 2.75) is 6.42 Å². The molecule has 0 heterocycles. The molecule has 0 aliphatic rings. The molecule has 0 radical (unpaired) electrons. The Morgan fingerprint density at radius 2 is 2.00 bits per heavy atom. The van der Waals surface area contributed by atoms with Gasteiger partial charge in [0.2, 0.25) is 0 Å². The Kier molecular flexibility index (Phi) is 3.33. The van der Waals surface area contributed by atoms with Crippen LogP contribution < -0.4 is 5.32 Å². The molecule has 2 heteroatoms. The van der Waals surface area contributed by atoms with Crippen molar-refractivity contribution in [1.29, 1.82) is 0 Å². The van der Waals surface area contributed by atoms with Gasteiger partial charge in [-0.25, -0.2) is 0 Å². The average Bonchev–Trinajstić information content (AvgIpc) is 2.16. The fourth-order valence-electron chi connectivity index (χ4n) is 1.07. The summed E-state index contributed by atoms with van der Waals surface area (Å²) in [6, 6.07) is 10.3. The second-order valence-corrected chi connectivity index (χ2v) is 2.58. The zero-order valence-corrected chi connectivity index (χ0v) is 7.54. The first-order valence-electron chi connectivity index (χ1n) is 4.04. The smallest absolute Gasteiger partial charge is 0.100 e. The maximum atomic E-state index is 4.11. The number of rotatable bonds is 2. The summed E-state index contributed by atoms with van der Waals surface area (Å²) in [6.07, 6.45) is 0.883. The number of nitrogens with one attached hydrogen (secondary N) is 1. The van der Waals surface area contributed by atoms with Gasteiger partial charge in [0.1, 0.15) is 5.84 Å². The third kappa shape index (κ3) is 2.38. The van der Waals surface area contributed by atoms with Gasteiger partial charge in [-0.1, -0.05) is 30.3 Å². The van der Waals surface area contributed by atoms with Crippen molar-refractivity contribution < 1.29 is 0 Å². The molecule has 1 rings (SSSR count). The standard InChI is InChI=1S/C10H14N2/c1-11-10(12-2)8-9-6-4-3-5-7-9/h3-7H,8H2,1-2H3,(H,11,12). The second kappa shape index (κ2) is 4.54. The van der Waals surface area contributed by atoms with Crippen LogP contribution in [-0.4, -0.2) is 19.9 Å². The van der Waals surface area contributed by atoms with Gasteiger partial charge in [0.05, 0.1) is 0 Å². The maximum absolute atomic E-state index is 4.11. The van der Waals surface area contributed by atoms with Crippen LogP contribution in [0.3, 0.4) is 0 Å². The van der Waals surface area contributed by atoms with Crippen LogP contribution >= 0.6 is 0 Å². The van der Waals surface area contributed by atoms with E-state index in [2.05, 4.69) is 22.4 Å². The van der Waals surface area contributed by atoms with Crippen molar-refractivity contribution in [2.75, 3.05) is 14.1 Å². The molecule has 0 saturated heterocycles. The molecule has 0 aromatic heterocycles. The summed E-state index contributed by atoms with van der Waals surface area (Å²) in [5.74, 6) is 1.02. The fraction of sp³-hybridized carbons (Fsp3) is 0.300. The van der Waals surface area contributed by atoms with Crippen molar-refractivity contribution in [3.8, 4) is 0 Å². The monoisotopic (exact) mass is 162 g/mol. The Labute approximate surface area is 73.3 Å². The third-order valence-corrected chi connectivity index (χ3v) is 1.77. The summed E-state index contributed by atoms with van der Waals surface area (Å²) in [4.78, 5) is 4.11. The highest BCUT2D eigenvalue weighted by molar-refractivity contribution is 5.83. The van der Waals surface area contributed by atoms with E-state index in [4.69, 9.17) is 0 Å². The van der Waals surface area contributed by atoms with E-state index in [1.54, 1.807) is 7.05 Å². The van der Waals surface area contributed by atoms with Crippen molar-refractivity contribution >= 4 is 5.84 Å². The summed E-state index contributed by atoms with van der Waals surface area (Å²) >= 11 is 0. The van der Waals surface area contributed by atoms with Gasteiger partial charge in [0.15, 0.2) is 0 Å². The van der Waals surface area contributed by atoms with E-state index >= 15 is 0 Å². The van der Waals surface area contributed by atoms with Gasteiger partial charge >= 0.3 is 0 Å². The largest absolute Gasteiger partial charge is 0.377 e. The Balaban J connectivity index is 2.64.